The summed E-state index contributed by atoms with van der Waals surface area (Å²) >= 11 is 0. The van der Waals surface area contributed by atoms with Gasteiger partial charge in [-0.1, -0.05) is 45.9 Å². The van der Waals surface area contributed by atoms with Gasteiger partial charge >= 0.3 is 0 Å². The van der Waals surface area contributed by atoms with Gasteiger partial charge in [0.15, 0.2) is 0 Å². The summed E-state index contributed by atoms with van der Waals surface area (Å²) in [6.07, 6.45) is 0. The van der Waals surface area contributed by atoms with Crippen LogP contribution in [0.25, 0.3) is 0 Å². The number of hydrogen-bond donors (Lipinski definition) is 2. The molecule has 1 unspecified atom stereocenters. The van der Waals surface area contributed by atoms with E-state index < -0.39 is 0 Å². The van der Waals surface area contributed by atoms with Gasteiger partial charge in [-0.05, 0) is 54.8 Å². The average molecular weight is 276 g/mol. The van der Waals surface area contributed by atoms with Crippen LogP contribution in [0.3, 0.4) is 0 Å². The minimum atomic E-state index is 0.259. The fourth-order valence-electron chi connectivity index (χ4n) is 2.84. The highest BCUT2D eigenvalue weighted by Crippen LogP contribution is 2.22. The number of benzene rings is 1. The van der Waals surface area contributed by atoms with Gasteiger partial charge < -0.3 is 11.1 Å². The van der Waals surface area contributed by atoms with Crippen LogP contribution in [-0.4, -0.2) is 13.1 Å². The van der Waals surface area contributed by atoms with Crippen LogP contribution in [0.5, 0.6) is 0 Å². The quantitative estimate of drug-likeness (QED) is 0.794. The van der Waals surface area contributed by atoms with E-state index >= 15 is 0 Å². The molecule has 20 heavy (non-hydrogen) atoms. The monoisotopic (exact) mass is 276 g/mol. The molecule has 0 aliphatic heterocycles. The third-order valence-electron chi connectivity index (χ3n) is 4.48. The van der Waals surface area contributed by atoms with Gasteiger partial charge in [0.1, 0.15) is 0 Å². The second-order valence-corrected chi connectivity index (χ2v) is 6.69. The van der Waals surface area contributed by atoms with Crippen LogP contribution >= 0.6 is 0 Å². The van der Waals surface area contributed by atoms with Crippen molar-refractivity contribution in [2.24, 2.45) is 23.5 Å². The number of nitrogens with two attached hydrogens (primary N) is 1. The highest BCUT2D eigenvalue weighted by molar-refractivity contribution is 5.31. The molecule has 1 aromatic rings. The molecular formula is C18H32N2. The van der Waals surface area contributed by atoms with Gasteiger partial charge in [0.2, 0.25) is 0 Å². The van der Waals surface area contributed by atoms with Crippen LogP contribution in [-0.2, 0) is 0 Å². The molecule has 0 bridgehead atoms. The van der Waals surface area contributed by atoms with Crippen molar-refractivity contribution < 1.29 is 0 Å². The lowest BCUT2D eigenvalue weighted by Crippen LogP contribution is -2.35. The number of nitrogens with one attached hydrogen (secondary N) is 1. The van der Waals surface area contributed by atoms with Gasteiger partial charge in [0.05, 0.1) is 0 Å². The fraction of sp³-hybridized carbons (Fsp3) is 0.667. The first-order valence-electron chi connectivity index (χ1n) is 7.87. The Labute approximate surface area is 125 Å². The van der Waals surface area contributed by atoms with E-state index in [-0.39, 0.29) is 6.04 Å². The number of rotatable bonds is 7. The minimum absolute atomic E-state index is 0.259. The summed E-state index contributed by atoms with van der Waals surface area (Å²) < 4.78 is 0. The number of hydrogen-bond acceptors (Lipinski definition) is 2. The van der Waals surface area contributed by atoms with Crippen LogP contribution in [0.4, 0.5) is 0 Å². The first-order chi connectivity index (χ1) is 9.36. The second kappa shape index (κ2) is 7.80. The zero-order valence-electron chi connectivity index (χ0n) is 14.0. The number of aryl methyl sites for hydroxylation is 2. The second-order valence-electron chi connectivity index (χ2n) is 6.69. The van der Waals surface area contributed by atoms with Gasteiger partial charge in [-0.15, -0.1) is 0 Å². The predicted molar refractivity (Wildman–Crippen MR) is 88.9 cm³/mol. The SMILES string of the molecule is Cc1ccc(C(CN)NCC(C(C)C)C(C)C)cc1C. The Balaban J connectivity index is 2.74. The Kier molecular flexibility index (Phi) is 6.70. The van der Waals surface area contributed by atoms with E-state index in [0.29, 0.717) is 24.3 Å². The van der Waals surface area contributed by atoms with Crippen molar-refractivity contribution in [3.63, 3.8) is 0 Å². The highest BCUT2D eigenvalue weighted by atomic mass is 14.9. The molecule has 2 nitrogen and oxygen atoms in total. The smallest absolute Gasteiger partial charge is 0.0444 e. The van der Waals surface area contributed by atoms with Gasteiger partial charge in [-0.3, -0.25) is 0 Å². The van der Waals surface area contributed by atoms with E-state index in [2.05, 4.69) is 65.1 Å². The molecule has 1 atom stereocenters. The van der Waals surface area contributed by atoms with E-state index in [4.69, 9.17) is 5.73 Å². The molecule has 0 radical (unpaired) electrons. The van der Waals surface area contributed by atoms with Crippen LogP contribution in [0.2, 0.25) is 0 Å². The Morgan fingerprint density at radius 2 is 1.60 bits per heavy atom. The summed E-state index contributed by atoms with van der Waals surface area (Å²) in [7, 11) is 0. The Morgan fingerprint density at radius 3 is 2.05 bits per heavy atom. The Morgan fingerprint density at radius 1 is 1.00 bits per heavy atom. The summed E-state index contributed by atoms with van der Waals surface area (Å²) in [5.74, 6) is 2.08. The third-order valence-corrected chi connectivity index (χ3v) is 4.48. The molecule has 0 aromatic heterocycles. The van der Waals surface area contributed by atoms with Crippen molar-refractivity contribution in [1.82, 2.24) is 5.32 Å². The van der Waals surface area contributed by atoms with Crippen LogP contribution < -0.4 is 11.1 Å². The normalized spacial score (nSPS) is 13.5. The largest absolute Gasteiger partial charge is 0.329 e. The van der Waals surface area contributed by atoms with Crippen molar-refractivity contribution in [3.8, 4) is 0 Å². The molecule has 0 aliphatic carbocycles. The molecule has 0 heterocycles. The van der Waals surface area contributed by atoms with Crippen LogP contribution in [0.1, 0.15) is 50.4 Å². The topological polar surface area (TPSA) is 38.0 Å². The van der Waals surface area contributed by atoms with Gasteiger partial charge in [-0.25, -0.2) is 0 Å². The fourth-order valence-corrected chi connectivity index (χ4v) is 2.84. The van der Waals surface area contributed by atoms with Crippen molar-refractivity contribution in [2.75, 3.05) is 13.1 Å². The Bertz CT molecular complexity index is 402. The molecule has 0 spiro atoms. The lowest BCUT2D eigenvalue weighted by atomic mass is 9.85. The van der Waals surface area contributed by atoms with Crippen LogP contribution in [0, 0.1) is 31.6 Å². The van der Waals surface area contributed by atoms with E-state index in [1.165, 1.54) is 16.7 Å². The van der Waals surface area contributed by atoms with Gasteiger partial charge in [0.25, 0.3) is 0 Å². The van der Waals surface area contributed by atoms with E-state index in [9.17, 15) is 0 Å². The van der Waals surface area contributed by atoms with E-state index in [1.54, 1.807) is 0 Å². The van der Waals surface area contributed by atoms with Crippen molar-refractivity contribution in [3.05, 3.63) is 34.9 Å². The van der Waals surface area contributed by atoms with Crippen molar-refractivity contribution in [1.29, 1.82) is 0 Å². The lowest BCUT2D eigenvalue weighted by molar-refractivity contribution is 0.266. The summed E-state index contributed by atoms with van der Waals surface area (Å²) in [5.41, 5.74) is 9.96. The van der Waals surface area contributed by atoms with Crippen molar-refractivity contribution in [2.45, 2.75) is 47.6 Å². The third kappa shape index (κ3) is 4.60. The summed E-state index contributed by atoms with van der Waals surface area (Å²) in [5, 5.41) is 3.67. The maximum absolute atomic E-state index is 5.97. The maximum Gasteiger partial charge on any atom is 0.0444 e. The molecule has 1 aromatic carbocycles. The molecule has 0 saturated heterocycles. The van der Waals surface area contributed by atoms with Gasteiger partial charge in [-0.2, -0.15) is 0 Å². The molecule has 0 aliphatic rings. The summed E-state index contributed by atoms with van der Waals surface area (Å²) in [6, 6.07) is 6.91. The summed E-state index contributed by atoms with van der Waals surface area (Å²) in [4.78, 5) is 0. The molecule has 3 N–H and O–H groups in total. The Hall–Kier alpha value is -0.860. The molecule has 0 fully saturated rings. The predicted octanol–water partition coefficient (Wildman–Crippen LogP) is 3.82. The molecule has 1 rings (SSSR count). The van der Waals surface area contributed by atoms with Crippen LogP contribution in [0.15, 0.2) is 18.2 Å². The lowest BCUT2D eigenvalue weighted by Gasteiger charge is -2.28. The summed E-state index contributed by atoms with van der Waals surface area (Å²) in [6.45, 7) is 15.2. The first-order valence-corrected chi connectivity index (χ1v) is 7.87. The minimum Gasteiger partial charge on any atom is -0.329 e. The van der Waals surface area contributed by atoms with E-state index in [1.807, 2.05) is 0 Å². The molecular weight excluding hydrogens is 244 g/mol. The zero-order chi connectivity index (χ0) is 15.3. The average Bonchev–Trinajstić information content (AvgIpc) is 2.37. The molecule has 0 amide bonds. The first kappa shape index (κ1) is 17.2. The van der Waals surface area contributed by atoms with Crippen molar-refractivity contribution >= 4 is 0 Å². The molecule has 2 heteroatoms. The van der Waals surface area contributed by atoms with Gasteiger partial charge in [0, 0.05) is 12.6 Å². The molecule has 114 valence electrons. The van der Waals surface area contributed by atoms with E-state index in [0.717, 1.165) is 6.54 Å². The highest BCUT2D eigenvalue weighted by Gasteiger charge is 2.19. The zero-order valence-corrected chi connectivity index (χ0v) is 14.0. The maximum atomic E-state index is 5.97. The molecule has 0 saturated carbocycles. The standard InChI is InChI=1S/C18H32N2/c1-12(2)17(13(3)4)11-20-18(10-19)16-8-7-14(5)15(6)9-16/h7-9,12-13,17-18,20H,10-11,19H2,1-6H3.